The van der Waals surface area contributed by atoms with Crippen LogP contribution < -0.4 is 5.46 Å². The van der Waals surface area contributed by atoms with Crippen LogP contribution in [0.4, 0.5) is 0 Å². The lowest BCUT2D eigenvalue weighted by Gasteiger charge is -2.22. The van der Waals surface area contributed by atoms with E-state index in [-0.39, 0.29) is 0 Å². The molecule has 0 unspecified atom stereocenters. The molecule has 0 aromatic heterocycles. The van der Waals surface area contributed by atoms with Crippen molar-refractivity contribution in [2.24, 2.45) is 0 Å². The van der Waals surface area contributed by atoms with Gasteiger partial charge in [-0.15, -0.1) is 0 Å². The van der Waals surface area contributed by atoms with Crippen LogP contribution in [0.25, 0.3) is 187 Å². The van der Waals surface area contributed by atoms with Gasteiger partial charge in [0.25, 0.3) is 0 Å². The van der Waals surface area contributed by atoms with Gasteiger partial charge in [0.2, 0.25) is 0 Å². The Hall–Kier alpha value is -13.1. The predicted molar refractivity (Wildman–Crippen MR) is 489 cm³/mol. The smallest absolute Gasteiger partial charge is 0.423 e. The van der Waals surface area contributed by atoms with Crippen molar-refractivity contribution >= 4 is 109 Å². The predicted octanol–water partition coefficient (Wildman–Crippen LogP) is 29.5. The third-order valence-corrected chi connectivity index (χ3v) is 22.6. The average molecular weight is 1570 g/mol. The van der Waals surface area contributed by atoms with Crippen molar-refractivity contribution in [2.45, 2.75) is 0 Å². The number of hydrogen-bond acceptors (Lipinski definition) is 2. The molecular formula is C108H73BBr2O2. The van der Waals surface area contributed by atoms with Crippen molar-refractivity contribution in [2.75, 3.05) is 0 Å². The molecule has 20 aromatic carbocycles. The van der Waals surface area contributed by atoms with Crippen LogP contribution >= 0.6 is 31.9 Å². The van der Waals surface area contributed by atoms with Gasteiger partial charge < -0.3 is 10.0 Å². The first kappa shape index (κ1) is 71.5. The maximum Gasteiger partial charge on any atom is 0.488 e. The lowest BCUT2D eigenvalue weighted by atomic mass is 9.79. The van der Waals surface area contributed by atoms with Gasteiger partial charge in [-0.25, -0.2) is 0 Å². The van der Waals surface area contributed by atoms with Gasteiger partial charge >= 0.3 is 7.12 Å². The Balaban J connectivity index is 0.000000142. The Morgan fingerprint density at radius 3 is 0.743 bits per heavy atom. The van der Waals surface area contributed by atoms with E-state index in [0.717, 1.165) is 20.1 Å². The summed E-state index contributed by atoms with van der Waals surface area (Å²) in [6, 6.07) is 154. The van der Waals surface area contributed by atoms with Crippen LogP contribution in [0.2, 0.25) is 0 Å². The first-order valence-corrected chi connectivity index (χ1v) is 39.8. The Morgan fingerprint density at radius 2 is 0.389 bits per heavy atom. The van der Waals surface area contributed by atoms with E-state index in [9.17, 15) is 0 Å². The lowest BCUT2D eigenvalue weighted by Crippen LogP contribution is -2.29. The van der Waals surface area contributed by atoms with E-state index in [0.29, 0.717) is 5.46 Å². The number of halogens is 2. The van der Waals surface area contributed by atoms with Crippen LogP contribution in [-0.2, 0) is 0 Å². The van der Waals surface area contributed by atoms with E-state index in [1.54, 1.807) is 12.1 Å². The molecule has 0 heterocycles. The quantitative estimate of drug-likeness (QED) is 0.0945. The third kappa shape index (κ3) is 14.5. The molecule has 0 bridgehead atoms. The molecule has 20 rings (SSSR count). The van der Waals surface area contributed by atoms with Crippen LogP contribution in [0.3, 0.4) is 0 Å². The molecule has 534 valence electrons. The maximum absolute atomic E-state index is 9.05. The molecule has 113 heavy (non-hydrogen) atoms. The summed E-state index contributed by atoms with van der Waals surface area (Å²) in [7, 11) is -1.41. The molecule has 0 fully saturated rings. The second kappa shape index (κ2) is 32.1. The normalized spacial score (nSPS) is 11.2. The highest BCUT2D eigenvalue weighted by molar-refractivity contribution is 9.10. The summed E-state index contributed by atoms with van der Waals surface area (Å²) in [6.07, 6.45) is 0. The first-order valence-electron chi connectivity index (χ1n) is 38.2. The SMILES string of the molecule is Brc1cccc(-c2cc(-c3ccccc3)c(-c3cccc(Br)c3)c3c4ccccc4c4ccccc4c23)c1.OB(O)c1cccc(-c2ccccc2)c1.c1ccc(-c2cccc(-c3cccc(-c4cc(-c5ccccc5)c(-c5cccc(-c6cccc(-c7ccccc7)c6)c5)c5c6ccccc6c6ccccc6c45)c3)c2)cc1. The molecule has 0 spiro atoms. The average Bonchev–Trinajstić information content (AvgIpc) is 0.716. The molecule has 0 saturated heterocycles. The number of hydrogen-bond donors (Lipinski definition) is 2. The van der Waals surface area contributed by atoms with Gasteiger partial charge in [0.15, 0.2) is 0 Å². The minimum atomic E-state index is -1.41. The van der Waals surface area contributed by atoms with Crippen molar-refractivity contribution in [1.29, 1.82) is 0 Å². The van der Waals surface area contributed by atoms with Crippen LogP contribution in [0.5, 0.6) is 0 Å². The summed E-state index contributed by atoms with van der Waals surface area (Å²) in [6.45, 7) is 0. The van der Waals surface area contributed by atoms with Gasteiger partial charge in [0.1, 0.15) is 0 Å². The molecule has 0 radical (unpaired) electrons. The van der Waals surface area contributed by atoms with Crippen molar-refractivity contribution in [1.82, 2.24) is 0 Å². The van der Waals surface area contributed by atoms with Gasteiger partial charge in [0, 0.05) is 8.95 Å². The van der Waals surface area contributed by atoms with E-state index in [2.05, 4.69) is 408 Å². The standard InChI is InChI=1S/C60H40.C36H22Br2.C12H11BO2/c1-4-18-41(19-5-1)44-24-14-26-46(36-44)48-28-16-30-50(38-48)57-40-56(43-22-8-3-9-23-43)58(60-55-35-13-11-33-53(55)52-32-10-12-34-54(52)59(57)60)51-31-17-29-49(39-51)47-27-15-25-45(37-47)42-20-6-2-7-21-42;37-26-14-8-12-24(20-26)33-22-32(23-10-2-1-3-11-23)34(25-13-9-15-27(38)21-25)36-31-19-7-5-17-29(31)28-16-4-6-18-30(28)35(33)36;14-13(15)12-8-4-7-11(9-12)10-5-2-1-3-6-10/h1-40H;1-22H;1-9,14-15H. The fourth-order valence-corrected chi connectivity index (χ4v) is 17.3. The highest BCUT2D eigenvalue weighted by atomic mass is 79.9. The van der Waals surface area contributed by atoms with Crippen LogP contribution in [0, 0.1) is 0 Å². The Labute approximate surface area is 675 Å². The van der Waals surface area contributed by atoms with Gasteiger partial charge in [-0.2, -0.15) is 0 Å². The first-order chi connectivity index (χ1) is 55.7. The molecule has 0 amide bonds. The monoisotopic (exact) mass is 1570 g/mol. The molecule has 20 aromatic rings. The van der Waals surface area contributed by atoms with Gasteiger partial charge in [-0.1, -0.05) is 402 Å². The maximum atomic E-state index is 9.05. The fraction of sp³-hybridized carbons (Fsp3) is 0. The highest BCUT2D eigenvalue weighted by Crippen LogP contribution is 2.52. The topological polar surface area (TPSA) is 40.5 Å². The summed E-state index contributed by atoms with van der Waals surface area (Å²) in [5.74, 6) is 0. The van der Waals surface area contributed by atoms with Crippen LogP contribution in [-0.4, -0.2) is 17.2 Å². The second-order valence-corrected chi connectivity index (χ2v) is 30.4. The van der Waals surface area contributed by atoms with E-state index < -0.39 is 7.12 Å². The largest absolute Gasteiger partial charge is 0.488 e. The minimum Gasteiger partial charge on any atom is -0.423 e. The van der Waals surface area contributed by atoms with Gasteiger partial charge in [-0.3, -0.25) is 0 Å². The summed E-state index contributed by atoms with van der Waals surface area (Å²) in [4.78, 5) is 0. The molecule has 0 atom stereocenters. The number of rotatable bonds is 12. The highest BCUT2D eigenvalue weighted by Gasteiger charge is 2.25. The summed E-state index contributed by atoms with van der Waals surface area (Å²) in [5.41, 5.74) is 26.8. The van der Waals surface area contributed by atoms with Crippen molar-refractivity contribution in [3.63, 3.8) is 0 Å². The molecule has 5 heteroatoms. The number of fused-ring (bicyclic) bond motifs is 12. The molecule has 0 aliphatic heterocycles. The molecular weight excluding hydrogens is 1500 g/mol. The zero-order valence-electron chi connectivity index (χ0n) is 61.7. The van der Waals surface area contributed by atoms with Crippen LogP contribution in [0.1, 0.15) is 0 Å². The van der Waals surface area contributed by atoms with E-state index >= 15 is 0 Å². The Morgan fingerprint density at radius 1 is 0.159 bits per heavy atom. The zero-order chi connectivity index (χ0) is 76.1. The molecule has 2 nitrogen and oxygen atoms in total. The Bertz CT molecular complexity index is 6910. The van der Waals surface area contributed by atoms with Crippen molar-refractivity contribution < 1.29 is 10.0 Å². The van der Waals surface area contributed by atoms with Gasteiger partial charge in [0.05, 0.1) is 0 Å². The molecule has 0 aliphatic rings. The zero-order valence-corrected chi connectivity index (χ0v) is 64.9. The summed E-state index contributed by atoms with van der Waals surface area (Å²) in [5, 5.41) is 33.3. The van der Waals surface area contributed by atoms with Crippen LogP contribution in [0.15, 0.2) is 440 Å². The van der Waals surface area contributed by atoms with E-state index in [1.165, 1.54) is 176 Å². The van der Waals surface area contributed by atoms with Gasteiger partial charge in [-0.05, 0) is 253 Å². The molecule has 0 aliphatic carbocycles. The van der Waals surface area contributed by atoms with E-state index in [1.807, 2.05) is 42.5 Å². The summed E-state index contributed by atoms with van der Waals surface area (Å²) < 4.78 is 2.15. The summed E-state index contributed by atoms with van der Waals surface area (Å²) >= 11 is 7.48. The third-order valence-electron chi connectivity index (χ3n) is 21.7. The molecule has 2 N–H and O–H groups in total. The Kier molecular flexibility index (Phi) is 20.3. The molecule has 0 saturated carbocycles. The van der Waals surface area contributed by atoms with E-state index in [4.69, 9.17) is 10.0 Å². The van der Waals surface area contributed by atoms with Crippen molar-refractivity contribution in [3.05, 3.63) is 440 Å². The van der Waals surface area contributed by atoms with Crippen molar-refractivity contribution in [3.8, 4) is 122 Å². The lowest BCUT2D eigenvalue weighted by molar-refractivity contribution is 0.426. The second-order valence-electron chi connectivity index (χ2n) is 28.5. The minimum absolute atomic E-state index is 0.511. The number of benzene rings is 20. The fourth-order valence-electron chi connectivity index (χ4n) is 16.5.